The van der Waals surface area contributed by atoms with Crippen molar-refractivity contribution in [3.8, 4) is 0 Å². The lowest BCUT2D eigenvalue weighted by molar-refractivity contribution is -0.343. The second-order valence-corrected chi connectivity index (χ2v) is 17.9. The van der Waals surface area contributed by atoms with Gasteiger partial charge in [-0.15, -0.1) is 0 Å². The number of aldehydes is 1. The van der Waals surface area contributed by atoms with Gasteiger partial charge < -0.3 is 68.1 Å². The largest absolute Gasteiger partial charge is 0.462 e. The summed E-state index contributed by atoms with van der Waals surface area (Å²) >= 11 is 0. The number of hydrogen-bond donors (Lipinski definition) is 4. The second-order valence-electron chi connectivity index (χ2n) is 17.9. The molecule has 4 aliphatic heterocycles. The fourth-order valence-electron chi connectivity index (χ4n) is 9.06. The molecule has 0 aromatic heterocycles. The number of allylic oxidation sites excluding steroid dienone is 2. The van der Waals surface area contributed by atoms with Gasteiger partial charge in [-0.1, -0.05) is 37.8 Å². The molecule has 0 aromatic rings. The predicted molar refractivity (Wildman–Crippen MR) is 221 cm³/mol. The lowest BCUT2D eigenvalue weighted by Crippen LogP contribution is -2.65. The Morgan fingerprint density at radius 2 is 1.57 bits per heavy atom. The van der Waals surface area contributed by atoms with Gasteiger partial charge in [-0.2, -0.15) is 0 Å². The van der Waals surface area contributed by atoms with Crippen molar-refractivity contribution >= 4 is 12.3 Å². The van der Waals surface area contributed by atoms with Crippen LogP contribution < -0.4 is 0 Å². The molecule has 0 bridgehead atoms. The van der Waals surface area contributed by atoms with Gasteiger partial charge in [-0.3, -0.25) is 9.59 Å². The van der Waals surface area contributed by atoms with Crippen LogP contribution in [-0.4, -0.2) is 181 Å². The van der Waals surface area contributed by atoms with Crippen molar-refractivity contribution in [2.75, 3.05) is 35.3 Å². The number of nitrogens with zero attached hydrogens (tertiary/aromatic N) is 2. The van der Waals surface area contributed by atoms with Crippen LogP contribution in [0, 0.1) is 11.8 Å². The molecule has 4 heterocycles. The Bertz CT molecular complexity index is 1440. The normalized spacial score (nSPS) is 44.1. The number of carbonyl (C=O) groups excluding carboxylic acids is 2. The quantitative estimate of drug-likeness (QED) is 0.134. The molecule has 16 heteroatoms. The fraction of sp³-hybridized carbons (Fsp3) is 0.818. The minimum atomic E-state index is -1.48. The minimum absolute atomic E-state index is 0.0268. The van der Waals surface area contributed by atoms with E-state index in [1.54, 1.807) is 39.8 Å². The minimum Gasteiger partial charge on any atom is -0.462 e. The molecule has 14 unspecified atom stereocenters. The van der Waals surface area contributed by atoms with Crippen LogP contribution in [0.5, 0.6) is 0 Å². The number of aliphatic hydroxyl groups excluding tert-OH is 3. The van der Waals surface area contributed by atoms with Crippen LogP contribution in [0.3, 0.4) is 0 Å². The van der Waals surface area contributed by atoms with Gasteiger partial charge >= 0.3 is 5.97 Å². The van der Waals surface area contributed by atoms with Crippen molar-refractivity contribution < 1.29 is 67.9 Å². The first kappa shape index (κ1) is 50.5. The molecule has 0 saturated carbocycles. The number of carbonyl (C=O) groups is 2. The number of rotatable bonds is 11. The standard InChI is InChI=1S/C44H74N2O14/c1-24-20-30(25(2)23-47)40(60-43-38(50)37(46(10)11)39(28(5)57-43)59-36-22-44(7,52)42(51)29(6)56-36)41(53-12)32(48)21-34(49)54-26(3)16-14-13-15-17-33(24)58-35-19-18-31(45(8)9)27(4)55-35/h13-15,17,23-24,26-33,35-43,48,50-52H,2,16,18-22H2,1,3-12H3/t24-,26-,27?,28?,29?,30-,31?,32?,33?,35?,36?,37?,38?,39?,40+,41+,42?,43?,44?/m1/s1. The molecule has 3 fully saturated rings. The number of methoxy groups -OCH3 is 1. The van der Waals surface area contributed by atoms with Crippen molar-refractivity contribution in [2.24, 2.45) is 11.8 Å². The van der Waals surface area contributed by atoms with E-state index in [0.717, 1.165) is 6.42 Å². The van der Waals surface area contributed by atoms with E-state index in [0.29, 0.717) is 19.1 Å². The molecule has 0 amide bonds. The molecule has 4 aliphatic rings. The number of ether oxygens (including phenoxy) is 8. The zero-order valence-electron chi connectivity index (χ0n) is 37.5. The predicted octanol–water partition coefficient (Wildman–Crippen LogP) is 2.49. The first-order chi connectivity index (χ1) is 28.2. The summed E-state index contributed by atoms with van der Waals surface area (Å²) < 4.78 is 50.0. The van der Waals surface area contributed by atoms with E-state index < -0.39 is 110 Å². The number of hydrogen-bond acceptors (Lipinski definition) is 16. The molecule has 0 aliphatic carbocycles. The number of esters is 1. The van der Waals surface area contributed by atoms with Crippen LogP contribution in [0.4, 0.5) is 0 Å². The van der Waals surface area contributed by atoms with Gasteiger partial charge in [0.25, 0.3) is 0 Å². The van der Waals surface area contributed by atoms with E-state index in [-0.39, 0.29) is 36.5 Å². The lowest BCUT2D eigenvalue weighted by Gasteiger charge is -2.50. The lowest BCUT2D eigenvalue weighted by atomic mass is 9.80. The van der Waals surface area contributed by atoms with Crippen LogP contribution in [0.2, 0.25) is 0 Å². The summed E-state index contributed by atoms with van der Waals surface area (Å²) in [5.74, 6) is -1.79. The highest BCUT2D eigenvalue weighted by Crippen LogP contribution is 2.38. The summed E-state index contributed by atoms with van der Waals surface area (Å²) in [6.45, 7) is 14.8. The van der Waals surface area contributed by atoms with Crippen molar-refractivity contribution in [3.05, 3.63) is 36.5 Å². The Hall–Kier alpha value is -2.16. The van der Waals surface area contributed by atoms with Crippen molar-refractivity contribution in [1.82, 2.24) is 9.80 Å². The van der Waals surface area contributed by atoms with Gasteiger partial charge in [-0.05, 0) is 93.6 Å². The second kappa shape index (κ2) is 22.5. The summed E-state index contributed by atoms with van der Waals surface area (Å²) in [7, 11) is 8.97. The zero-order chi connectivity index (χ0) is 44.6. The zero-order valence-corrected chi connectivity index (χ0v) is 37.5. The molecule has 3 saturated heterocycles. The molecule has 19 atom stereocenters. The van der Waals surface area contributed by atoms with Crippen molar-refractivity contribution in [2.45, 2.75) is 184 Å². The molecular formula is C44H74N2O14. The summed E-state index contributed by atoms with van der Waals surface area (Å²) in [6.07, 6.45) is -2.54. The highest BCUT2D eigenvalue weighted by molar-refractivity contribution is 5.73. The van der Waals surface area contributed by atoms with Gasteiger partial charge in [0.2, 0.25) is 0 Å². The Labute approximate surface area is 356 Å². The van der Waals surface area contributed by atoms with Gasteiger partial charge in [0.05, 0.1) is 54.7 Å². The molecule has 0 radical (unpaired) electrons. The maximum absolute atomic E-state index is 13.1. The molecule has 16 nitrogen and oxygen atoms in total. The summed E-state index contributed by atoms with van der Waals surface area (Å²) in [5.41, 5.74) is -1.34. The van der Waals surface area contributed by atoms with Crippen LogP contribution in [0.25, 0.3) is 0 Å². The Balaban J connectivity index is 1.70. The molecule has 60 heavy (non-hydrogen) atoms. The summed E-state index contributed by atoms with van der Waals surface area (Å²) in [6, 6.07) is -0.510. The number of cyclic esters (lactones) is 1. The third-order valence-corrected chi connectivity index (χ3v) is 12.5. The third-order valence-electron chi connectivity index (χ3n) is 12.5. The van der Waals surface area contributed by atoms with E-state index in [1.165, 1.54) is 14.0 Å². The highest BCUT2D eigenvalue weighted by atomic mass is 16.7. The van der Waals surface area contributed by atoms with E-state index in [9.17, 15) is 30.0 Å². The summed E-state index contributed by atoms with van der Waals surface area (Å²) in [5, 5.41) is 45.2. The van der Waals surface area contributed by atoms with Crippen LogP contribution in [-0.2, 0) is 47.5 Å². The van der Waals surface area contributed by atoms with Crippen LogP contribution in [0.15, 0.2) is 36.5 Å². The molecule has 4 rings (SSSR count). The monoisotopic (exact) mass is 855 g/mol. The van der Waals surface area contributed by atoms with Crippen molar-refractivity contribution in [1.29, 1.82) is 0 Å². The van der Waals surface area contributed by atoms with E-state index >= 15 is 0 Å². The summed E-state index contributed by atoms with van der Waals surface area (Å²) in [4.78, 5) is 29.8. The number of likely N-dealkylation sites (N-methyl/N-ethyl adjacent to an activating group) is 2. The Morgan fingerprint density at radius 1 is 0.883 bits per heavy atom. The maximum Gasteiger partial charge on any atom is 0.308 e. The molecule has 4 N–H and O–H groups in total. The van der Waals surface area contributed by atoms with Crippen molar-refractivity contribution in [3.63, 3.8) is 0 Å². The van der Waals surface area contributed by atoms with E-state index in [1.807, 2.05) is 52.2 Å². The number of aliphatic hydroxyl groups is 4. The first-order valence-corrected chi connectivity index (χ1v) is 21.4. The van der Waals surface area contributed by atoms with E-state index in [2.05, 4.69) is 11.5 Å². The van der Waals surface area contributed by atoms with Crippen LogP contribution in [0.1, 0.15) is 80.1 Å². The van der Waals surface area contributed by atoms with E-state index in [4.69, 9.17) is 37.9 Å². The maximum atomic E-state index is 13.1. The molecule has 0 aromatic carbocycles. The Kier molecular flexibility index (Phi) is 18.9. The third kappa shape index (κ3) is 13.0. The SMILES string of the molecule is C=C(C=O)[C@H]1C[C@@H](C)C(OC2CCC(N(C)C)C(C)O2)C=CC=CC[C@@H](C)OC(=O)CC(O)[C@H](OC)[C@H]1OC1OC(C)C(OC2CC(C)(O)C(O)C(C)O2)C(N(C)C)C1O. The molecule has 0 spiro atoms. The topological polar surface area (TPSA) is 195 Å². The smallest absolute Gasteiger partial charge is 0.308 e. The molecule has 344 valence electrons. The average Bonchev–Trinajstić information content (AvgIpc) is 3.15. The Morgan fingerprint density at radius 3 is 2.17 bits per heavy atom. The van der Waals surface area contributed by atoms with Crippen LogP contribution >= 0.6 is 0 Å². The average molecular weight is 855 g/mol. The molecular weight excluding hydrogens is 780 g/mol. The van der Waals surface area contributed by atoms with Gasteiger partial charge in [0.15, 0.2) is 18.9 Å². The van der Waals surface area contributed by atoms with Gasteiger partial charge in [-0.25, -0.2) is 0 Å². The highest BCUT2D eigenvalue weighted by Gasteiger charge is 2.52. The fourth-order valence-corrected chi connectivity index (χ4v) is 9.06. The van der Waals surface area contributed by atoms with Gasteiger partial charge in [0.1, 0.15) is 36.8 Å². The van der Waals surface area contributed by atoms with Gasteiger partial charge in [0, 0.05) is 31.9 Å². The first-order valence-electron chi connectivity index (χ1n) is 21.4.